The monoisotopic (exact) mass is 331 g/mol. The van der Waals surface area contributed by atoms with Gasteiger partial charge in [0.15, 0.2) is 6.10 Å². The number of nitrogens with zero attached hydrogens (tertiary/aromatic N) is 1. The van der Waals surface area contributed by atoms with Crippen LogP contribution in [0, 0.1) is 5.82 Å². The van der Waals surface area contributed by atoms with Crippen molar-refractivity contribution in [1.82, 2.24) is 4.90 Å². The van der Waals surface area contributed by atoms with Gasteiger partial charge in [-0.25, -0.2) is 9.18 Å². The standard InChI is InChI=1S/C12H11BrFNO4/c13-7-1-2-8(9(14)5-7)11(16)15-3-4-19-10(6-15)12(17)18/h1-2,5,10H,3-4,6H2,(H,17,18). The van der Waals surface area contributed by atoms with E-state index in [9.17, 15) is 14.0 Å². The number of benzene rings is 1. The smallest absolute Gasteiger partial charge is 0.334 e. The Balaban J connectivity index is 2.17. The fraction of sp³-hybridized carbons (Fsp3) is 0.333. The van der Waals surface area contributed by atoms with E-state index in [1.165, 1.54) is 17.0 Å². The topological polar surface area (TPSA) is 66.8 Å². The van der Waals surface area contributed by atoms with Gasteiger partial charge in [-0.15, -0.1) is 0 Å². The van der Waals surface area contributed by atoms with E-state index < -0.39 is 23.8 Å². The van der Waals surface area contributed by atoms with E-state index in [2.05, 4.69) is 15.9 Å². The quantitative estimate of drug-likeness (QED) is 0.892. The van der Waals surface area contributed by atoms with Gasteiger partial charge in [0.25, 0.3) is 5.91 Å². The number of carboxylic acids is 1. The first kappa shape index (κ1) is 14.0. The second-order valence-corrected chi connectivity index (χ2v) is 4.99. The highest BCUT2D eigenvalue weighted by Gasteiger charge is 2.30. The van der Waals surface area contributed by atoms with Crippen LogP contribution in [-0.4, -0.2) is 47.7 Å². The molecule has 0 spiro atoms. The summed E-state index contributed by atoms with van der Waals surface area (Å²) < 4.78 is 19.2. The maximum absolute atomic E-state index is 13.7. The lowest BCUT2D eigenvalue weighted by Gasteiger charge is -2.31. The van der Waals surface area contributed by atoms with E-state index in [-0.39, 0.29) is 25.3 Å². The largest absolute Gasteiger partial charge is 0.479 e. The van der Waals surface area contributed by atoms with Crippen molar-refractivity contribution in [3.63, 3.8) is 0 Å². The van der Waals surface area contributed by atoms with Gasteiger partial charge in [0.1, 0.15) is 5.82 Å². The zero-order valence-corrected chi connectivity index (χ0v) is 11.4. The molecule has 0 radical (unpaired) electrons. The molecule has 2 rings (SSSR count). The van der Waals surface area contributed by atoms with Gasteiger partial charge in [-0.2, -0.15) is 0 Å². The molecule has 0 saturated carbocycles. The van der Waals surface area contributed by atoms with Crippen molar-refractivity contribution < 1.29 is 23.8 Å². The third kappa shape index (κ3) is 3.10. The fourth-order valence-electron chi connectivity index (χ4n) is 1.82. The number of ether oxygens (including phenoxy) is 1. The number of rotatable bonds is 2. The highest BCUT2D eigenvalue weighted by Crippen LogP contribution is 2.18. The Morgan fingerprint density at radius 2 is 2.21 bits per heavy atom. The molecule has 0 bridgehead atoms. The molecule has 1 unspecified atom stereocenters. The van der Waals surface area contributed by atoms with E-state index in [1.807, 2.05) is 0 Å². The fourth-order valence-corrected chi connectivity index (χ4v) is 2.15. The number of aliphatic carboxylic acids is 1. The third-order valence-electron chi connectivity index (χ3n) is 2.79. The number of hydrogen-bond acceptors (Lipinski definition) is 3. The average molecular weight is 332 g/mol. The third-order valence-corrected chi connectivity index (χ3v) is 3.28. The lowest BCUT2D eigenvalue weighted by atomic mass is 10.1. The summed E-state index contributed by atoms with van der Waals surface area (Å²) >= 11 is 3.11. The zero-order chi connectivity index (χ0) is 14.0. The van der Waals surface area contributed by atoms with Crippen molar-refractivity contribution in [3.05, 3.63) is 34.1 Å². The van der Waals surface area contributed by atoms with Crippen LogP contribution < -0.4 is 0 Å². The molecule has 1 aromatic rings. The summed E-state index contributed by atoms with van der Waals surface area (Å²) in [5.74, 6) is -2.30. The number of amides is 1. The van der Waals surface area contributed by atoms with Crippen molar-refractivity contribution in [2.24, 2.45) is 0 Å². The Labute approximate surface area is 117 Å². The van der Waals surface area contributed by atoms with Crippen molar-refractivity contribution >= 4 is 27.8 Å². The minimum atomic E-state index is -1.13. The maximum atomic E-state index is 13.7. The SMILES string of the molecule is O=C(O)C1CN(C(=O)c2ccc(Br)cc2F)CCO1. The van der Waals surface area contributed by atoms with E-state index in [0.717, 1.165) is 0 Å². The second-order valence-electron chi connectivity index (χ2n) is 4.07. The number of carbonyl (C=O) groups is 2. The Bertz CT molecular complexity index is 522. The van der Waals surface area contributed by atoms with Crippen molar-refractivity contribution in [1.29, 1.82) is 0 Å². The van der Waals surface area contributed by atoms with Crippen LogP contribution in [0.2, 0.25) is 0 Å². The molecule has 1 N–H and O–H groups in total. The number of carboxylic acid groups (broad SMARTS) is 1. The molecule has 5 nitrogen and oxygen atoms in total. The van der Waals surface area contributed by atoms with E-state index >= 15 is 0 Å². The summed E-state index contributed by atoms with van der Waals surface area (Å²) in [6.07, 6.45) is -1.06. The maximum Gasteiger partial charge on any atom is 0.334 e. The molecule has 1 aliphatic heterocycles. The summed E-state index contributed by atoms with van der Waals surface area (Å²) in [4.78, 5) is 24.2. The first-order valence-electron chi connectivity index (χ1n) is 5.58. The molecule has 1 heterocycles. The molecule has 1 aliphatic rings. The number of carbonyl (C=O) groups excluding carboxylic acids is 1. The Kier molecular flexibility index (Phi) is 4.16. The summed E-state index contributed by atoms with van der Waals surface area (Å²) in [6.45, 7) is 0.294. The van der Waals surface area contributed by atoms with Gasteiger partial charge in [-0.1, -0.05) is 15.9 Å². The van der Waals surface area contributed by atoms with Crippen LogP contribution in [0.25, 0.3) is 0 Å². The average Bonchev–Trinajstić information content (AvgIpc) is 2.38. The Hall–Kier alpha value is -1.47. The van der Waals surface area contributed by atoms with Gasteiger partial charge in [-0.3, -0.25) is 4.79 Å². The zero-order valence-electron chi connectivity index (χ0n) is 9.81. The molecule has 1 fully saturated rings. The van der Waals surface area contributed by atoms with Crippen LogP contribution in [0.15, 0.2) is 22.7 Å². The molecule has 1 atom stereocenters. The van der Waals surface area contributed by atoms with Crippen molar-refractivity contribution in [2.75, 3.05) is 19.7 Å². The molecular formula is C12H11BrFNO4. The first-order valence-corrected chi connectivity index (χ1v) is 6.37. The van der Waals surface area contributed by atoms with Crippen LogP contribution >= 0.6 is 15.9 Å². The predicted molar refractivity (Wildman–Crippen MR) is 67.4 cm³/mol. The number of morpholine rings is 1. The van der Waals surface area contributed by atoms with Crippen LogP contribution in [-0.2, 0) is 9.53 Å². The lowest BCUT2D eigenvalue weighted by Crippen LogP contribution is -2.48. The molecule has 1 saturated heterocycles. The molecule has 0 aromatic heterocycles. The highest BCUT2D eigenvalue weighted by molar-refractivity contribution is 9.10. The summed E-state index contributed by atoms with van der Waals surface area (Å²) in [6, 6.07) is 4.13. The molecule has 7 heteroatoms. The minimum Gasteiger partial charge on any atom is -0.479 e. The van der Waals surface area contributed by atoms with Crippen molar-refractivity contribution in [2.45, 2.75) is 6.10 Å². The minimum absolute atomic E-state index is 0.0748. The molecule has 102 valence electrons. The molecule has 0 aliphatic carbocycles. The van der Waals surface area contributed by atoms with Gasteiger partial charge in [0, 0.05) is 11.0 Å². The summed E-state index contributed by atoms with van der Waals surface area (Å²) in [5, 5.41) is 8.86. The van der Waals surface area contributed by atoms with Crippen LogP contribution in [0.3, 0.4) is 0 Å². The van der Waals surface area contributed by atoms with E-state index in [0.29, 0.717) is 4.47 Å². The summed E-state index contributed by atoms with van der Waals surface area (Å²) in [5.41, 5.74) is -0.0748. The lowest BCUT2D eigenvalue weighted by molar-refractivity contribution is -0.154. The van der Waals surface area contributed by atoms with Crippen molar-refractivity contribution in [3.8, 4) is 0 Å². The predicted octanol–water partition coefficient (Wildman–Crippen LogP) is 1.51. The first-order chi connectivity index (χ1) is 8.99. The van der Waals surface area contributed by atoms with Gasteiger partial charge >= 0.3 is 5.97 Å². The second kappa shape index (κ2) is 5.66. The highest BCUT2D eigenvalue weighted by atomic mass is 79.9. The van der Waals surface area contributed by atoms with Crippen LogP contribution in [0.1, 0.15) is 10.4 Å². The molecule has 19 heavy (non-hydrogen) atoms. The van der Waals surface area contributed by atoms with Crippen LogP contribution in [0.5, 0.6) is 0 Å². The molecule has 1 aromatic carbocycles. The Morgan fingerprint density at radius 1 is 1.47 bits per heavy atom. The van der Waals surface area contributed by atoms with Gasteiger partial charge in [0.05, 0.1) is 18.7 Å². The summed E-state index contributed by atoms with van der Waals surface area (Å²) in [7, 11) is 0. The number of hydrogen-bond donors (Lipinski definition) is 1. The van der Waals surface area contributed by atoms with Gasteiger partial charge in [0.2, 0.25) is 0 Å². The van der Waals surface area contributed by atoms with Gasteiger partial charge < -0.3 is 14.7 Å². The molecular weight excluding hydrogens is 321 g/mol. The van der Waals surface area contributed by atoms with E-state index in [1.54, 1.807) is 6.07 Å². The van der Waals surface area contributed by atoms with Crippen LogP contribution in [0.4, 0.5) is 4.39 Å². The van der Waals surface area contributed by atoms with Gasteiger partial charge in [-0.05, 0) is 18.2 Å². The Morgan fingerprint density at radius 3 is 2.84 bits per heavy atom. The normalized spacial score (nSPS) is 19.3. The molecule has 1 amide bonds. The van der Waals surface area contributed by atoms with E-state index in [4.69, 9.17) is 9.84 Å². The number of halogens is 2.